The Labute approximate surface area is 202 Å². The summed E-state index contributed by atoms with van der Waals surface area (Å²) in [5, 5.41) is 0. The molecule has 0 fully saturated rings. The van der Waals surface area contributed by atoms with Gasteiger partial charge in [0, 0.05) is 0 Å². The standard InChI is InChI=1S/C14H38GeSi4.5CO.Mo/c1-16(2,3)13(17(4,5)6)15-14(18(7,8)9)19(10,11)12;5*1-2;/h13-14H,1-12H3;;;;;;. The normalized spacial score (nSPS) is 10.4. The van der Waals surface area contributed by atoms with E-state index in [1.54, 1.807) is 0 Å². The van der Waals surface area contributed by atoms with Gasteiger partial charge in [-0.05, 0) is 0 Å². The molecular formula is C19H38GeMoO5Si4. The van der Waals surface area contributed by atoms with Gasteiger partial charge in [0.1, 0.15) is 0 Å². The van der Waals surface area contributed by atoms with Gasteiger partial charge in [0.2, 0.25) is 0 Å². The van der Waals surface area contributed by atoms with Gasteiger partial charge in [0.25, 0.3) is 0 Å². The number of hydrogen-bond donors (Lipinski definition) is 0. The first-order chi connectivity index (χ1) is 13.4. The maximum atomic E-state index is 7.50. The second-order valence-corrected chi connectivity index (χ2v) is 48.1. The Balaban J connectivity index is -0.000000125. The number of rotatable bonds is 6. The Kier molecular flexibility index (Phi) is 32.1. The molecule has 0 atom stereocenters. The molecule has 0 aromatic carbocycles. The fraction of sp³-hybridized carbons (Fsp3) is 0.737. The fourth-order valence-electron chi connectivity index (χ4n) is 4.47. The maximum absolute atomic E-state index is 7.50. The van der Waals surface area contributed by atoms with Gasteiger partial charge in [-0.25, -0.2) is 0 Å². The number of hydrogen-bond acceptors (Lipinski definition) is 0. The molecule has 0 saturated carbocycles. The Morgan fingerprint density at radius 2 is 0.533 bits per heavy atom. The summed E-state index contributed by atoms with van der Waals surface area (Å²) in [6, 6.07) is 0. The Hall–Kier alpha value is 0.799. The molecule has 0 radical (unpaired) electrons. The van der Waals surface area contributed by atoms with Crippen LogP contribution in [0.15, 0.2) is 0 Å². The van der Waals surface area contributed by atoms with E-state index in [0.29, 0.717) is 0 Å². The molecule has 0 aromatic rings. The summed E-state index contributed by atoms with van der Waals surface area (Å²) < 4.78 is 40.0. The molecule has 11 heteroatoms. The Bertz CT molecular complexity index is 463. The van der Waals surface area contributed by atoms with Crippen molar-refractivity contribution in [1.29, 1.82) is 0 Å². The molecule has 0 aliphatic heterocycles. The van der Waals surface area contributed by atoms with Gasteiger partial charge in [-0.3, -0.25) is 0 Å². The third kappa shape index (κ3) is 20.7. The molecule has 0 spiro atoms. The van der Waals surface area contributed by atoms with Crippen molar-refractivity contribution in [2.75, 3.05) is 0 Å². The predicted octanol–water partition coefficient (Wildman–Crippen LogP) is 5.59. The van der Waals surface area contributed by atoms with Crippen LogP contribution in [0.5, 0.6) is 0 Å². The first kappa shape index (κ1) is 44.5. The molecule has 0 unspecified atom stereocenters. The van der Waals surface area contributed by atoms with Gasteiger partial charge in [-0.1, -0.05) is 0 Å². The first-order valence-electron chi connectivity index (χ1n) is 8.96. The average molecular weight is 627 g/mol. The molecular weight excluding hydrogens is 589 g/mol. The topological polar surface area (TPSA) is 99.5 Å². The summed E-state index contributed by atoms with van der Waals surface area (Å²) in [4.78, 5) is 0. The van der Waals surface area contributed by atoms with Gasteiger partial charge in [-0.15, -0.1) is 0 Å². The van der Waals surface area contributed by atoms with Crippen molar-refractivity contribution in [2.24, 2.45) is 0 Å². The van der Waals surface area contributed by atoms with Crippen LogP contribution in [-0.4, -0.2) is 43.4 Å². The van der Waals surface area contributed by atoms with E-state index in [1.165, 1.54) is 7.99 Å². The van der Waals surface area contributed by atoms with E-state index >= 15 is 0 Å². The average Bonchev–Trinajstić information content (AvgIpc) is 2.58. The van der Waals surface area contributed by atoms with Crippen LogP contribution >= 0.6 is 0 Å². The van der Waals surface area contributed by atoms with Crippen molar-refractivity contribution >= 4 is 43.4 Å². The molecule has 0 aromatic heterocycles. The zero-order valence-electron chi connectivity index (χ0n) is 20.6. The molecule has 0 amide bonds. The molecule has 5 nitrogen and oxygen atoms in total. The molecule has 0 aliphatic carbocycles. The van der Waals surface area contributed by atoms with E-state index in [4.69, 9.17) is 23.3 Å². The summed E-state index contributed by atoms with van der Waals surface area (Å²) in [5.74, 6) is 0. The monoisotopic (exact) mass is 630 g/mol. The zero-order valence-corrected chi connectivity index (χ0v) is 28.7. The van der Waals surface area contributed by atoms with Crippen LogP contribution in [0.1, 0.15) is 0 Å². The van der Waals surface area contributed by atoms with Crippen molar-refractivity contribution < 1.29 is 40.3 Å². The van der Waals surface area contributed by atoms with E-state index in [1.807, 2.05) is 0 Å². The van der Waals surface area contributed by atoms with Crippen molar-refractivity contribution in [2.45, 2.75) is 86.6 Å². The molecule has 30 heavy (non-hydrogen) atoms. The first-order valence-corrected chi connectivity index (χ1v) is 31.8. The zero-order chi connectivity index (χ0) is 26.7. The minimum absolute atomic E-state index is 1.00. The van der Waals surface area contributed by atoms with Crippen molar-refractivity contribution in [3.63, 3.8) is 0 Å². The quantitative estimate of drug-likeness (QED) is 0.209. The van der Waals surface area contributed by atoms with Crippen molar-refractivity contribution in [1.82, 2.24) is 0 Å². The van der Waals surface area contributed by atoms with E-state index in [9.17, 15) is 0 Å². The fourth-order valence-corrected chi connectivity index (χ4v) is 112. The molecule has 0 heterocycles. The van der Waals surface area contributed by atoms with Gasteiger partial charge in [0.05, 0.1) is 0 Å². The van der Waals surface area contributed by atoms with Crippen LogP contribution in [0.2, 0.25) is 86.6 Å². The van der Waals surface area contributed by atoms with Crippen molar-refractivity contribution in [3.05, 3.63) is 33.3 Å². The third-order valence-corrected chi connectivity index (χ3v) is 69.5. The van der Waals surface area contributed by atoms with Gasteiger partial charge in [0.15, 0.2) is 0 Å². The van der Waals surface area contributed by atoms with Crippen LogP contribution in [0.4, 0.5) is 0 Å². The SMILES string of the molecule is C[Si](C)(C)[CH]([Ge](=[Mo])[CH]([Si](C)(C)C)[Si](C)(C)C)[Si](C)(C)C.[C-]#[O+].[C-]#[O+].[C-]#[O+].[C-]#[O+].[C-]#[O+]. The third-order valence-electron chi connectivity index (χ3n) is 4.03. The van der Waals surface area contributed by atoms with E-state index in [0.717, 1.165) is 0 Å². The van der Waals surface area contributed by atoms with Gasteiger partial charge in [-0.2, -0.15) is 0 Å². The molecule has 0 N–H and O–H groups in total. The van der Waals surface area contributed by atoms with E-state index in [2.05, 4.69) is 129 Å². The molecule has 0 aliphatic rings. The van der Waals surface area contributed by atoms with Gasteiger partial charge < -0.3 is 0 Å². The minimum atomic E-state index is -1.02. The second-order valence-electron chi connectivity index (χ2n) is 10.7. The molecule has 0 saturated heterocycles. The van der Waals surface area contributed by atoms with Crippen LogP contribution in [0.3, 0.4) is 0 Å². The summed E-state index contributed by atoms with van der Waals surface area (Å²) in [6.07, 6.45) is 0. The second kappa shape index (κ2) is 21.6. The van der Waals surface area contributed by atoms with Gasteiger partial charge >= 0.3 is 204 Å². The summed E-state index contributed by atoms with van der Waals surface area (Å²) in [6.45, 7) is 54.5. The predicted molar refractivity (Wildman–Crippen MR) is 126 cm³/mol. The van der Waals surface area contributed by atoms with E-state index < -0.39 is 43.4 Å². The molecule has 170 valence electrons. The van der Waals surface area contributed by atoms with Crippen LogP contribution < -0.4 is 0 Å². The summed E-state index contributed by atoms with van der Waals surface area (Å²) in [7, 11) is -4.09. The Morgan fingerprint density at radius 1 is 0.433 bits per heavy atom. The van der Waals surface area contributed by atoms with Crippen molar-refractivity contribution in [3.8, 4) is 0 Å². The molecule has 0 rings (SSSR count). The van der Waals surface area contributed by atoms with E-state index in [-0.39, 0.29) is 0 Å². The molecule has 0 bridgehead atoms. The van der Waals surface area contributed by atoms with Crippen LogP contribution in [-0.2, 0) is 40.3 Å². The Morgan fingerprint density at radius 3 is 0.600 bits per heavy atom. The van der Waals surface area contributed by atoms with Crippen LogP contribution in [0.25, 0.3) is 0 Å². The summed E-state index contributed by atoms with van der Waals surface area (Å²) >= 11 is 1.72. The van der Waals surface area contributed by atoms with Crippen LogP contribution in [0, 0.1) is 33.3 Å². The summed E-state index contributed by atoms with van der Waals surface area (Å²) in [5.41, 5.74) is 0.